The molecule has 70 heavy (non-hydrogen) atoms. The van der Waals surface area contributed by atoms with Crippen LogP contribution < -0.4 is 0 Å². The van der Waals surface area contributed by atoms with Crippen molar-refractivity contribution in [2.45, 2.75) is 0 Å². The van der Waals surface area contributed by atoms with Crippen LogP contribution in [0.3, 0.4) is 0 Å². The van der Waals surface area contributed by atoms with Crippen LogP contribution in [0.15, 0.2) is 229 Å². The summed E-state index contributed by atoms with van der Waals surface area (Å²) in [6, 6.07) is 79.8. The van der Waals surface area contributed by atoms with Gasteiger partial charge in [-0.05, 0) is 84.4 Å². The molecule has 0 aliphatic rings. The first-order valence-corrected chi connectivity index (χ1v) is 24.3. The highest BCUT2D eigenvalue weighted by atomic mass is 32.1. The number of hydrogen-bond acceptors (Lipinski definition) is 5. The number of benzene rings is 10. The fourth-order valence-corrected chi connectivity index (χ4v) is 12.0. The molecule has 0 spiro atoms. The molecule has 326 valence electrons. The Labute approximate surface area is 404 Å². The minimum Gasteiger partial charge on any atom is -0.456 e. The highest BCUT2D eigenvalue weighted by Crippen LogP contribution is 2.43. The molecule has 15 aromatic rings. The molecule has 0 radical (unpaired) electrons. The van der Waals surface area contributed by atoms with E-state index in [0.717, 1.165) is 82.8 Å². The van der Waals surface area contributed by atoms with E-state index in [9.17, 15) is 0 Å². The first kappa shape index (κ1) is 38.9. The van der Waals surface area contributed by atoms with E-state index in [0.29, 0.717) is 17.5 Å². The molecule has 0 fully saturated rings. The fourth-order valence-electron chi connectivity index (χ4n) is 10.9. The van der Waals surface area contributed by atoms with E-state index < -0.39 is 0 Å². The summed E-state index contributed by atoms with van der Waals surface area (Å²) in [6.45, 7) is 0. The molecular formula is C63H37N5OS. The van der Waals surface area contributed by atoms with Crippen LogP contribution in [0.5, 0.6) is 0 Å². The smallest absolute Gasteiger partial charge is 0.164 e. The van der Waals surface area contributed by atoms with Crippen LogP contribution in [0.4, 0.5) is 0 Å². The molecule has 0 unspecified atom stereocenters. The van der Waals surface area contributed by atoms with E-state index in [1.165, 1.54) is 42.1 Å². The minimum atomic E-state index is 0.588. The largest absolute Gasteiger partial charge is 0.456 e. The zero-order valence-electron chi connectivity index (χ0n) is 37.4. The molecule has 5 aromatic heterocycles. The topological polar surface area (TPSA) is 61.7 Å². The molecule has 0 saturated heterocycles. The summed E-state index contributed by atoms with van der Waals surface area (Å²) < 4.78 is 13.8. The summed E-state index contributed by atoms with van der Waals surface area (Å²) in [5.41, 5.74) is 13.4. The predicted octanol–water partition coefficient (Wildman–Crippen LogP) is 17.0. The van der Waals surface area contributed by atoms with Gasteiger partial charge in [-0.1, -0.05) is 146 Å². The van der Waals surface area contributed by atoms with Gasteiger partial charge in [-0.15, -0.1) is 11.3 Å². The van der Waals surface area contributed by atoms with Gasteiger partial charge in [0.1, 0.15) is 11.2 Å². The summed E-state index contributed by atoms with van der Waals surface area (Å²) in [6.07, 6.45) is 0. The molecule has 7 heteroatoms. The summed E-state index contributed by atoms with van der Waals surface area (Å²) >= 11 is 1.80. The maximum Gasteiger partial charge on any atom is 0.164 e. The van der Waals surface area contributed by atoms with Gasteiger partial charge in [0.05, 0.1) is 33.4 Å². The van der Waals surface area contributed by atoms with E-state index in [1.54, 1.807) is 11.3 Å². The summed E-state index contributed by atoms with van der Waals surface area (Å²) in [7, 11) is 0. The van der Waals surface area contributed by atoms with E-state index in [1.807, 2.05) is 30.3 Å². The highest BCUT2D eigenvalue weighted by molar-refractivity contribution is 7.25. The average Bonchev–Trinajstić information content (AvgIpc) is 4.18. The number of hydrogen-bond donors (Lipinski definition) is 0. The second-order valence-electron chi connectivity index (χ2n) is 17.9. The van der Waals surface area contributed by atoms with Gasteiger partial charge in [0.2, 0.25) is 0 Å². The Hall–Kier alpha value is -9.17. The van der Waals surface area contributed by atoms with E-state index in [4.69, 9.17) is 19.4 Å². The first-order chi connectivity index (χ1) is 34.7. The van der Waals surface area contributed by atoms with Crippen molar-refractivity contribution in [1.29, 1.82) is 0 Å². The van der Waals surface area contributed by atoms with Crippen LogP contribution in [0.2, 0.25) is 0 Å². The molecule has 5 heterocycles. The highest BCUT2D eigenvalue weighted by Gasteiger charge is 2.23. The van der Waals surface area contributed by atoms with Gasteiger partial charge >= 0.3 is 0 Å². The Morgan fingerprint density at radius 1 is 0.329 bits per heavy atom. The molecule has 0 atom stereocenters. The zero-order valence-corrected chi connectivity index (χ0v) is 38.2. The van der Waals surface area contributed by atoms with Crippen LogP contribution in [0, 0.1) is 0 Å². The summed E-state index contributed by atoms with van der Waals surface area (Å²) in [5, 5.41) is 9.07. The standard InChI is InChI=1S/C63H37N5OS/c1-2-16-38(17-3-1)41-18-4-9-25-50(41)68-52-27-11-5-19-42(52)45-23-14-28-54(60(45)68)67-51-26-10-6-20-43(51)48-36-39(32-34-53(48)67)61-64-62(40-33-35-58-49(37-40)44-21-8-13-31-57(44)70-58)66-63(65-61)47-24-15-30-56-59(47)46-22-7-12-29-55(46)69-56/h1-37H. The van der Waals surface area contributed by atoms with Gasteiger partial charge in [0, 0.05) is 74.7 Å². The van der Waals surface area contributed by atoms with Crippen LogP contribution in [0.1, 0.15) is 0 Å². The number of thiophene rings is 1. The van der Waals surface area contributed by atoms with Crippen LogP contribution in [-0.2, 0) is 0 Å². The summed E-state index contributed by atoms with van der Waals surface area (Å²) in [5.74, 6) is 1.79. The van der Waals surface area contributed by atoms with E-state index in [-0.39, 0.29) is 0 Å². The van der Waals surface area contributed by atoms with E-state index >= 15 is 0 Å². The molecular weight excluding hydrogens is 875 g/mol. The Morgan fingerprint density at radius 2 is 0.886 bits per heavy atom. The van der Waals surface area contributed by atoms with Crippen LogP contribution in [0.25, 0.3) is 142 Å². The number of fused-ring (bicyclic) bond motifs is 12. The Kier molecular flexibility index (Phi) is 8.43. The maximum atomic E-state index is 6.38. The Bertz CT molecular complexity index is 4610. The molecule has 0 aliphatic carbocycles. The van der Waals surface area contributed by atoms with Crippen molar-refractivity contribution < 1.29 is 4.42 Å². The maximum absolute atomic E-state index is 6.38. The van der Waals surface area contributed by atoms with Crippen molar-refractivity contribution in [2.75, 3.05) is 0 Å². The molecule has 15 rings (SSSR count). The number of para-hydroxylation sites is 5. The number of nitrogens with zero attached hydrogens (tertiary/aromatic N) is 5. The van der Waals surface area contributed by atoms with Gasteiger partial charge in [0.25, 0.3) is 0 Å². The van der Waals surface area contributed by atoms with Crippen LogP contribution in [-0.4, -0.2) is 24.1 Å². The first-order valence-electron chi connectivity index (χ1n) is 23.5. The van der Waals surface area contributed by atoms with Crippen molar-refractivity contribution in [1.82, 2.24) is 24.1 Å². The van der Waals surface area contributed by atoms with E-state index in [2.05, 4.69) is 203 Å². The van der Waals surface area contributed by atoms with Crippen molar-refractivity contribution in [3.8, 4) is 56.7 Å². The van der Waals surface area contributed by atoms with Gasteiger partial charge < -0.3 is 13.6 Å². The van der Waals surface area contributed by atoms with Crippen molar-refractivity contribution >= 4 is 97.1 Å². The second kappa shape index (κ2) is 15.2. The number of furan rings is 1. The SMILES string of the molecule is c1ccc(-c2ccccc2-n2c3ccccc3c3cccc(-n4c5ccccc5c5cc(-c6nc(-c7ccc8sc9ccccc9c8c7)nc(-c7cccc8oc9ccccc9c78)n6)ccc54)c32)cc1. The molecule has 0 saturated carbocycles. The monoisotopic (exact) mass is 911 g/mol. The molecule has 10 aromatic carbocycles. The third kappa shape index (κ3) is 5.82. The van der Waals surface area contributed by atoms with Crippen molar-refractivity contribution in [2.24, 2.45) is 0 Å². The lowest BCUT2D eigenvalue weighted by Crippen LogP contribution is -2.02. The second-order valence-corrected chi connectivity index (χ2v) is 19.0. The zero-order chi connectivity index (χ0) is 45.9. The normalized spacial score (nSPS) is 12.0. The molecule has 0 N–H and O–H groups in total. The summed E-state index contributed by atoms with van der Waals surface area (Å²) in [4.78, 5) is 16.0. The number of aromatic nitrogens is 5. The fraction of sp³-hybridized carbons (Fsp3) is 0. The lowest BCUT2D eigenvalue weighted by Gasteiger charge is -2.17. The lowest BCUT2D eigenvalue weighted by atomic mass is 10.0. The van der Waals surface area contributed by atoms with Gasteiger partial charge in [-0.3, -0.25) is 0 Å². The van der Waals surface area contributed by atoms with Crippen molar-refractivity contribution in [3.05, 3.63) is 224 Å². The molecule has 6 nitrogen and oxygen atoms in total. The lowest BCUT2D eigenvalue weighted by molar-refractivity contribution is 0.669. The predicted molar refractivity (Wildman–Crippen MR) is 290 cm³/mol. The molecule has 0 amide bonds. The minimum absolute atomic E-state index is 0.588. The third-order valence-corrected chi connectivity index (χ3v) is 15.1. The van der Waals surface area contributed by atoms with Crippen molar-refractivity contribution in [3.63, 3.8) is 0 Å². The number of rotatable bonds is 6. The van der Waals surface area contributed by atoms with Gasteiger partial charge in [-0.25, -0.2) is 15.0 Å². The Morgan fingerprint density at radius 3 is 1.73 bits per heavy atom. The van der Waals surface area contributed by atoms with Gasteiger partial charge in [0.15, 0.2) is 17.5 Å². The third-order valence-electron chi connectivity index (χ3n) is 14.0. The average molecular weight is 912 g/mol. The Balaban J connectivity index is 0.970. The molecule has 0 aliphatic heterocycles. The molecule has 0 bridgehead atoms. The van der Waals surface area contributed by atoms with Crippen LogP contribution >= 0.6 is 11.3 Å². The quantitative estimate of drug-likeness (QED) is 0.167. The van der Waals surface area contributed by atoms with Gasteiger partial charge in [-0.2, -0.15) is 0 Å².